The van der Waals surface area contributed by atoms with Crippen LogP contribution in [0, 0.1) is 11.8 Å². The van der Waals surface area contributed by atoms with E-state index in [0.717, 1.165) is 0 Å². The Morgan fingerprint density at radius 2 is 1.27 bits per heavy atom. The molecule has 0 spiro atoms. The molecule has 0 aromatic carbocycles. The zero-order valence-corrected chi connectivity index (χ0v) is 10.5. The molecular formula is C8H8Br2O5. The van der Waals surface area contributed by atoms with Gasteiger partial charge in [0.25, 0.3) is 0 Å². The Kier molecular flexibility index (Phi) is 2.81. The predicted octanol–water partition coefficient (Wildman–Crippen LogP) is 0.696. The number of carbonyl (C=O) groups is 2. The van der Waals surface area contributed by atoms with Crippen LogP contribution in [0.1, 0.15) is 0 Å². The lowest BCUT2D eigenvalue weighted by molar-refractivity contribution is -0.153. The fourth-order valence-electron chi connectivity index (χ4n) is 2.26. The topological polar surface area (TPSA) is 83.8 Å². The maximum absolute atomic E-state index is 11.0. The van der Waals surface area contributed by atoms with Crippen molar-refractivity contribution < 1.29 is 24.5 Å². The van der Waals surface area contributed by atoms with Gasteiger partial charge in [-0.1, -0.05) is 31.9 Å². The molecule has 0 unspecified atom stereocenters. The van der Waals surface area contributed by atoms with Crippen LogP contribution in [0.25, 0.3) is 0 Å². The molecule has 2 saturated heterocycles. The lowest BCUT2D eigenvalue weighted by Gasteiger charge is -2.28. The second-order valence-electron chi connectivity index (χ2n) is 3.68. The van der Waals surface area contributed by atoms with E-state index >= 15 is 0 Å². The van der Waals surface area contributed by atoms with Crippen molar-refractivity contribution in [2.75, 3.05) is 0 Å². The minimum Gasteiger partial charge on any atom is -0.481 e. The Morgan fingerprint density at radius 1 is 0.933 bits per heavy atom. The van der Waals surface area contributed by atoms with E-state index in [2.05, 4.69) is 31.9 Å². The summed E-state index contributed by atoms with van der Waals surface area (Å²) in [6, 6.07) is 0. The summed E-state index contributed by atoms with van der Waals surface area (Å²) in [4.78, 5) is 21.7. The molecule has 2 heterocycles. The zero-order chi connectivity index (χ0) is 11.3. The van der Waals surface area contributed by atoms with Crippen LogP contribution in [0.4, 0.5) is 0 Å². The first kappa shape index (κ1) is 11.3. The van der Waals surface area contributed by atoms with Gasteiger partial charge in [-0.15, -0.1) is 0 Å². The Bertz CT molecular complexity index is 290. The summed E-state index contributed by atoms with van der Waals surface area (Å²) in [5, 5.41) is 18.0. The van der Waals surface area contributed by atoms with Crippen LogP contribution >= 0.6 is 31.9 Å². The fourth-order valence-corrected chi connectivity index (χ4v) is 3.76. The molecule has 0 radical (unpaired) electrons. The Morgan fingerprint density at radius 3 is 1.53 bits per heavy atom. The van der Waals surface area contributed by atoms with Crippen LogP contribution in [0.5, 0.6) is 0 Å². The molecule has 0 aromatic heterocycles. The first-order chi connectivity index (χ1) is 6.95. The van der Waals surface area contributed by atoms with Crippen molar-refractivity contribution in [1.82, 2.24) is 0 Å². The molecule has 7 heteroatoms. The first-order valence-corrected chi connectivity index (χ1v) is 6.17. The molecular weight excluding hydrogens is 336 g/mol. The fraction of sp³-hybridized carbons (Fsp3) is 0.750. The summed E-state index contributed by atoms with van der Waals surface area (Å²) in [5.74, 6) is -4.16. The van der Waals surface area contributed by atoms with E-state index in [1.807, 2.05) is 0 Å². The number of halogens is 2. The summed E-state index contributed by atoms with van der Waals surface area (Å²) in [7, 11) is 0. The lowest BCUT2D eigenvalue weighted by Crippen LogP contribution is -2.47. The average molecular weight is 344 g/mol. The lowest BCUT2D eigenvalue weighted by atomic mass is 9.79. The second-order valence-corrected chi connectivity index (χ2v) is 5.80. The van der Waals surface area contributed by atoms with Gasteiger partial charge in [0.05, 0.1) is 33.7 Å². The molecule has 6 atom stereocenters. The van der Waals surface area contributed by atoms with Gasteiger partial charge in [0.2, 0.25) is 0 Å². The number of rotatable bonds is 2. The molecule has 0 aromatic rings. The molecule has 5 nitrogen and oxygen atoms in total. The van der Waals surface area contributed by atoms with E-state index in [1.54, 1.807) is 0 Å². The molecule has 2 aliphatic rings. The minimum absolute atomic E-state index is 0.154. The Hall–Kier alpha value is -0.140. The number of alkyl halides is 2. The molecule has 2 bridgehead atoms. The monoisotopic (exact) mass is 342 g/mol. The summed E-state index contributed by atoms with van der Waals surface area (Å²) in [5.41, 5.74) is 0. The third-order valence-corrected chi connectivity index (χ3v) is 5.80. The van der Waals surface area contributed by atoms with Crippen molar-refractivity contribution in [1.29, 1.82) is 0 Å². The van der Waals surface area contributed by atoms with Crippen molar-refractivity contribution in [3.05, 3.63) is 0 Å². The third kappa shape index (κ3) is 1.52. The van der Waals surface area contributed by atoms with Gasteiger partial charge < -0.3 is 14.9 Å². The molecule has 2 aliphatic heterocycles. The van der Waals surface area contributed by atoms with Gasteiger partial charge in [-0.3, -0.25) is 9.59 Å². The van der Waals surface area contributed by atoms with E-state index in [4.69, 9.17) is 14.9 Å². The van der Waals surface area contributed by atoms with E-state index < -0.39 is 36.0 Å². The van der Waals surface area contributed by atoms with Crippen LogP contribution in [-0.4, -0.2) is 44.0 Å². The zero-order valence-electron chi connectivity index (χ0n) is 7.34. The van der Waals surface area contributed by atoms with Crippen LogP contribution in [0.2, 0.25) is 0 Å². The van der Waals surface area contributed by atoms with Gasteiger partial charge in [0.1, 0.15) is 0 Å². The molecule has 2 fully saturated rings. The van der Waals surface area contributed by atoms with Gasteiger partial charge >= 0.3 is 11.9 Å². The molecule has 15 heavy (non-hydrogen) atoms. The van der Waals surface area contributed by atoms with Crippen molar-refractivity contribution >= 4 is 43.8 Å². The van der Waals surface area contributed by atoms with Crippen LogP contribution in [0.3, 0.4) is 0 Å². The minimum atomic E-state index is -1.11. The van der Waals surface area contributed by atoms with E-state index in [-0.39, 0.29) is 9.65 Å². The predicted molar refractivity (Wildman–Crippen MR) is 56.3 cm³/mol. The quantitative estimate of drug-likeness (QED) is 0.721. The van der Waals surface area contributed by atoms with Crippen molar-refractivity contribution in [3.8, 4) is 0 Å². The van der Waals surface area contributed by atoms with Gasteiger partial charge in [-0.05, 0) is 0 Å². The summed E-state index contributed by atoms with van der Waals surface area (Å²) < 4.78 is 5.39. The number of carboxylic acid groups (broad SMARTS) is 2. The van der Waals surface area contributed by atoms with Gasteiger partial charge in [-0.25, -0.2) is 0 Å². The SMILES string of the molecule is O=C(O)[C@H]1[C@H]2O[C@@H]([C@@H](Br)[C@H]2Br)[C@@H]1C(=O)O. The number of ether oxygens (including phenoxy) is 1. The number of aliphatic carboxylic acids is 2. The Balaban J connectivity index is 2.32. The maximum atomic E-state index is 11.0. The highest BCUT2D eigenvalue weighted by atomic mass is 79.9. The molecule has 0 amide bonds. The number of carboxylic acids is 2. The largest absolute Gasteiger partial charge is 0.481 e. The van der Waals surface area contributed by atoms with Crippen LogP contribution < -0.4 is 0 Å². The van der Waals surface area contributed by atoms with Gasteiger partial charge in [-0.2, -0.15) is 0 Å². The molecule has 0 saturated carbocycles. The van der Waals surface area contributed by atoms with Gasteiger partial charge in [0.15, 0.2) is 0 Å². The smallest absolute Gasteiger partial charge is 0.310 e. The van der Waals surface area contributed by atoms with Crippen molar-refractivity contribution in [2.24, 2.45) is 11.8 Å². The third-order valence-electron chi connectivity index (χ3n) is 2.91. The molecule has 2 N–H and O–H groups in total. The van der Waals surface area contributed by atoms with E-state index in [1.165, 1.54) is 0 Å². The highest BCUT2D eigenvalue weighted by Crippen LogP contribution is 2.49. The number of hydrogen-bond acceptors (Lipinski definition) is 3. The van der Waals surface area contributed by atoms with Crippen molar-refractivity contribution in [3.63, 3.8) is 0 Å². The summed E-state index contributed by atoms with van der Waals surface area (Å²) in [6.45, 7) is 0. The normalized spacial score (nSPS) is 48.1. The standard InChI is InChI=1S/C8H8Br2O5/c9-3-4(10)6-2(8(13)14)1(7(11)12)5(3)15-6/h1-6H,(H,11,12)(H,13,14)/t1-,2-,3-,4+,5-,6-/m1/s1. The number of hydrogen-bond donors (Lipinski definition) is 2. The highest BCUT2D eigenvalue weighted by molar-refractivity contribution is 9.12. The number of fused-ring (bicyclic) bond motifs is 2. The Labute approximate surface area is 102 Å². The average Bonchev–Trinajstić information content (AvgIpc) is 2.64. The highest BCUT2D eigenvalue weighted by Gasteiger charge is 2.63. The maximum Gasteiger partial charge on any atom is 0.310 e. The second kappa shape index (κ2) is 3.71. The summed E-state index contributed by atoms with van der Waals surface area (Å²) in [6.07, 6.45) is -1.14. The first-order valence-electron chi connectivity index (χ1n) is 4.34. The van der Waals surface area contributed by atoms with Crippen LogP contribution in [-0.2, 0) is 14.3 Å². The summed E-state index contributed by atoms with van der Waals surface area (Å²) >= 11 is 6.64. The van der Waals surface area contributed by atoms with Crippen LogP contribution in [0.15, 0.2) is 0 Å². The van der Waals surface area contributed by atoms with E-state index in [9.17, 15) is 9.59 Å². The molecule has 2 rings (SSSR count). The van der Waals surface area contributed by atoms with E-state index in [0.29, 0.717) is 0 Å². The molecule has 84 valence electrons. The molecule has 0 aliphatic carbocycles. The van der Waals surface area contributed by atoms with Crippen molar-refractivity contribution in [2.45, 2.75) is 21.9 Å². The van der Waals surface area contributed by atoms with Gasteiger partial charge in [0, 0.05) is 0 Å².